The minimum absolute atomic E-state index is 0.0302. The van der Waals surface area contributed by atoms with Gasteiger partial charge in [0.05, 0.1) is 11.8 Å². The average molecular weight is 219 g/mol. The smallest absolute Gasteiger partial charge is 0.221 e. The zero-order valence-corrected chi connectivity index (χ0v) is 9.03. The molecule has 1 aromatic rings. The summed E-state index contributed by atoms with van der Waals surface area (Å²) in [5.41, 5.74) is 0.422. The molecule has 0 radical (unpaired) electrons. The lowest BCUT2D eigenvalue weighted by atomic mass is 10.3. The number of hydrogen-bond acceptors (Lipinski definition) is 5. The lowest BCUT2D eigenvalue weighted by molar-refractivity contribution is -0.120. The Hall–Kier alpha value is -2.16. The monoisotopic (exact) mass is 219 g/mol. The number of aromatic nitrogens is 2. The van der Waals surface area contributed by atoms with Crippen LogP contribution >= 0.6 is 0 Å². The Kier molecular flexibility index (Phi) is 4.73. The Bertz CT molecular complexity index is 398. The highest BCUT2D eigenvalue weighted by Gasteiger charge is 2.03. The fourth-order valence-corrected chi connectivity index (χ4v) is 1.13. The Morgan fingerprint density at radius 2 is 2.44 bits per heavy atom. The summed E-state index contributed by atoms with van der Waals surface area (Å²) in [7, 11) is 0. The molecule has 0 aliphatic rings. The van der Waals surface area contributed by atoms with Gasteiger partial charge >= 0.3 is 0 Å². The van der Waals surface area contributed by atoms with Crippen LogP contribution in [-0.4, -0.2) is 29.2 Å². The molecular formula is C10H13N5O. The van der Waals surface area contributed by atoms with Crippen LogP contribution < -0.4 is 10.6 Å². The molecule has 1 rings (SSSR count). The van der Waals surface area contributed by atoms with Gasteiger partial charge in [-0.15, -0.1) is 5.10 Å². The molecule has 6 nitrogen and oxygen atoms in total. The Labute approximate surface area is 93.7 Å². The summed E-state index contributed by atoms with van der Waals surface area (Å²) in [5, 5.41) is 21.8. The molecular weight excluding hydrogens is 206 g/mol. The van der Waals surface area contributed by atoms with Crippen LogP contribution in [0, 0.1) is 11.3 Å². The van der Waals surface area contributed by atoms with Crippen LogP contribution in [0.2, 0.25) is 0 Å². The maximum atomic E-state index is 11.1. The summed E-state index contributed by atoms with van der Waals surface area (Å²) in [6.45, 7) is 2.91. The van der Waals surface area contributed by atoms with Crippen LogP contribution in [0.3, 0.4) is 0 Å². The first-order chi connectivity index (χ1) is 7.77. The molecule has 1 amide bonds. The van der Waals surface area contributed by atoms with Crippen molar-refractivity contribution in [3.05, 3.63) is 17.8 Å². The van der Waals surface area contributed by atoms with E-state index in [0.29, 0.717) is 30.9 Å². The maximum absolute atomic E-state index is 11.1. The van der Waals surface area contributed by atoms with Crippen LogP contribution in [0.25, 0.3) is 0 Å². The third kappa shape index (κ3) is 3.53. The summed E-state index contributed by atoms with van der Waals surface area (Å²) in [4.78, 5) is 11.1. The van der Waals surface area contributed by atoms with Crippen LogP contribution in [0.4, 0.5) is 5.82 Å². The van der Waals surface area contributed by atoms with E-state index in [2.05, 4.69) is 20.8 Å². The number of nitrogens with one attached hydrogen (secondary N) is 2. The second-order valence-corrected chi connectivity index (χ2v) is 3.04. The number of carbonyl (C=O) groups excluding carboxylic acids is 1. The highest BCUT2D eigenvalue weighted by atomic mass is 16.1. The lowest BCUT2D eigenvalue weighted by Crippen LogP contribution is -2.25. The fraction of sp³-hybridized carbons (Fsp3) is 0.400. The number of nitrogens with zero attached hydrogens (tertiary/aromatic N) is 3. The molecule has 2 N–H and O–H groups in total. The zero-order chi connectivity index (χ0) is 11.8. The molecule has 1 heterocycles. The molecule has 0 unspecified atom stereocenters. The van der Waals surface area contributed by atoms with E-state index < -0.39 is 0 Å². The van der Waals surface area contributed by atoms with Gasteiger partial charge in [-0.05, 0) is 13.0 Å². The minimum Gasteiger partial charge on any atom is -0.367 e. The third-order valence-electron chi connectivity index (χ3n) is 1.86. The molecule has 0 saturated carbocycles. The summed E-state index contributed by atoms with van der Waals surface area (Å²) >= 11 is 0. The normalized spacial score (nSPS) is 9.25. The predicted octanol–water partition coefficient (Wildman–Crippen LogP) is 0.286. The molecule has 0 aromatic carbocycles. The number of carbonyl (C=O) groups is 1. The minimum atomic E-state index is -0.0302. The largest absolute Gasteiger partial charge is 0.367 e. The second kappa shape index (κ2) is 6.35. The quantitative estimate of drug-likeness (QED) is 0.742. The van der Waals surface area contributed by atoms with Crippen molar-refractivity contribution in [2.75, 3.05) is 18.4 Å². The number of hydrogen-bond donors (Lipinski definition) is 2. The van der Waals surface area contributed by atoms with E-state index in [9.17, 15) is 4.79 Å². The van der Waals surface area contributed by atoms with Crippen molar-refractivity contribution in [1.29, 1.82) is 5.26 Å². The third-order valence-corrected chi connectivity index (χ3v) is 1.86. The highest BCUT2D eigenvalue weighted by Crippen LogP contribution is 2.07. The Morgan fingerprint density at radius 1 is 1.62 bits per heavy atom. The average Bonchev–Trinajstić information content (AvgIpc) is 2.30. The van der Waals surface area contributed by atoms with Crippen molar-refractivity contribution >= 4 is 11.7 Å². The molecule has 0 bridgehead atoms. The Morgan fingerprint density at radius 3 is 3.12 bits per heavy atom. The summed E-state index contributed by atoms with van der Waals surface area (Å²) < 4.78 is 0. The predicted molar refractivity (Wildman–Crippen MR) is 58.5 cm³/mol. The van der Waals surface area contributed by atoms with E-state index in [0.717, 1.165) is 0 Å². The van der Waals surface area contributed by atoms with Crippen molar-refractivity contribution in [2.45, 2.75) is 13.3 Å². The summed E-state index contributed by atoms with van der Waals surface area (Å²) in [6, 6.07) is 3.56. The van der Waals surface area contributed by atoms with Crippen molar-refractivity contribution < 1.29 is 4.79 Å². The van der Waals surface area contributed by atoms with Gasteiger partial charge < -0.3 is 10.6 Å². The van der Waals surface area contributed by atoms with Gasteiger partial charge in [-0.25, -0.2) is 0 Å². The van der Waals surface area contributed by atoms with Gasteiger partial charge in [0, 0.05) is 19.5 Å². The van der Waals surface area contributed by atoms with Gasteiger partial charge in [-0.2, -0.15) is 10.4 Å². The maximum Gasteiger partial charge on any atom is 0.221 e. The van der Waals surface area contributed by atoms with Gasteiger partial charge in [-0.3, -0.25) is 4.79 Å². The molecule has 16 heavy (non-hydrogen) atoms. The van der Waals surface area contributed by atoms with Gasteiger partial charge in [0.2, 0.25) is 5.91 Å². The van der Waals surface area contributed by atoms with E-state index >= 15 is 0 Å². The summed E-state index contributed by atoms with van der Waals surface area (Å²) in [5.74, 6) is 0.381. The van der Waals surface area contributed by atoms with Crippen LogP contribution in [0.15, 0.2) is 12.3 Å². The van der Waals surface area contributed by atoms with Crippen molar-refractivity contribution in [2.24, 2.45) is 0 Å². The zero-order valence-electron chi connectivity index (χ0n) is 9.03. The molecule has 0 aliphatic heterocycles. The van der Waals surface area contributed by atoms with Crippen LogP contribution in [0.1, 0.15) is 18.9 Å². The van der Waals surface area contributed by atoms with E-state index in [-0.39, 0.29) is 5.91 Å². The van der Waals surface area contributed by atoms with Gasteiger partial charge in [-0.1, -0.05) is 0 Å². The van der Waals surface area contributed by atoms with Crippen molar-refractivity contribution in [3.63, 3.8) is 0 Å². The highest BCUT2D eigenvalue weighted by molar-refractivity contribution is 5.76. The number of rotatable bonds is 5. The van der Waals surface area contributed by atoms with E-state index in [1.807, 2.05) is 13.0 Å². The van der Waals surface area contributed by atoms with Crippen LogP contribution in [0.5, 0.6) is 0 Å². The first-order valence-electron chi connectivity index (χ1n) is 5.00. The molecule has 0 atom stereocenters. The van der Waals surface area contributed by atoms with E-state index in [1.54, 1.807) is 6.07 Å². The van der Waals surface area contributed by atoms with Crippen molar-refractivity contribution in [1.82, 2.24) is 15.5 Å². The molecule has 0 fully saturated rings. The molecule has 84 valence electrons. The standard InChI is InChI=1S/C10H13N5O/c1-2-12-9(16)4-5-13-10-8(7-11)3-6-14-15-10/h3,6H,2,4-5H2,1H3,(H,12,16)(H,13,15). The van der Waals surface area contributed by atoms with Gasteiger partial charge in [0.25, 0.3) is 0 Å². The molecule has 1 aromatic heterocycles. The summed E-state index contributed by atoms with van der Waals surface area (Å²) in [6.07, 6.45) is 1.79. The molecule has 6 heteroatoms. The first-order valence-corrected chi connectivity index (χ1v) is 5.00. The number of anilines is 1. The molecule has 0 spiro atoms. The van der Waals surface area contributed by atoms with E-state index in [4.69, 9.17) is 5.26 Å². The SMILES string of the molecule is CCNC(=O)CCNc1nnccc1C#N. The molecule has 0 aliphatic carbocycles. The van der Waals surface area contributed by atoms with Gasteiger partial charge in [0.15, 0.2) is 5.82 Å². The topological polar surface area (TPSA) is 90.7 Å². The first kappa shape index (κ1) is 11.9. The van der Waals surface area contributed by atoms with Crippen LogP contribution in [-0.2, 0) is 4.79 Å². The molecule has 0 saturated heterocycles. The second-order valence-electron chi connectivity index (χ2n) is 3.04. The van der Waals surface area contributed by atoms with E-state index in [1.165, 1.54) is 6.20 Å². The Balaban J connectivity index is 2.43. The lowest BCUT2D eigenvalue weighted by Gasteiger charge is -2.05. The van der Waals surface area contributed by atoms with Crippen molar-refractivity contribution in [3.8, 4) is 6.07 Å². The number of nitriles is 1. The number of amides is 1. The fourth-order valence-electron chi connectivity index (χ4n) is 1.13. The van der Waals surface area contributed by atoms with Gasteiger partial charge in [0.1, 0.15) is 6.07 Å².